The highest BCUT2D eigenvalue weighted by Crippen LogP contribution is 2.27. The Morgan fingerprint density at radius 1 is 1.46 bits per heavy atom. The molecule has 0 radical (unpaired) electrons. The van der Waals surface area contributed by atoms with Gasteiger partial charge in [-0.25, -0.2) is 0 Å². The fourth-order valence-corrected chi connectivity index (χ4v) is 4.40. The minimum Gasteiger partial charge on any atom is -0.387 e. The number of ether oxygens (including phenoxy) is 1. The zero-order chi connectivity index (χ0) is 16.8. The van der Waals surface area contributed by atoms with Crippen molar-refractivity contribution in [3.05, 3.63) is 22.4 Å². The molecule has 0 aromatic carbocycles. The van der Waals surface area contributed by atoms with E-state index in [0.717, 1.165) is 24.4 Å². The average molecular weight is 352 g/mol. The molecule has 0 saturated carbocycles. The van der Waals surface area contributed by atoms with E-state index in [1.54, 1.807) is 11.3 Å². The van der Waals surface area contributed by atoms with Gasteiger partial charge in [-0.15, -0.1) is 11.3 Å². The van der Waals surface area contributed by atoms with Crippen molar-refractivity contribution in [2.45, 2.75) is 44.2 Å². The number of hydrogen-bond acceptors (Lipinski definition) is 5. The molecule has 6 heteroatoms. The standard InChI is InChI=1S/C18H28N2O3S/c21-16(17-2-1-11-24-17)12-15-13-23-10-9-20(15)18(22)4-3-14-5-7-19-8-6-14/h1-2,11,14-16,19,21H,3-10,12-13H2. The number of morpholine rings is 1. The molecule has 2 aliphatic heterocycles. The van der Waals surface area contributed by atoms with Gasteiger partial charge in [-0.2, -0.15) is 0 Å². The Hall–Kier alpha value is -0.950. The minimum atomic E-state index is -0.517. The third kappa shape index (κ3) is 4.79. The van der Waals surface area contributed by atoms with E-state index >= 15 is 0 Å². The number of carbonyl (C=O) groups is 1. The van der Waals surface area contributed by atoms with Gasteiger partial charge in [0, 0.05) is 24.3 Å². The number of thiophene rings is 1. The highest BCUT2D eigenvalue weighted by atomic mass is 32.1. The van der Waals surface area contributed by atoms with Crippen molar-refractivity contribution in [2.75, 3.05) is 32.8 Å². The maximum atomic E-state index is 12.7. The molecule has 5 nitrogen and oxygen atoms in total. The first-order valence-electron chi connectivity index (χ1n) is 9.03. The molecule has 2 fully saturated rings. The SMILES string of the molecule is O=C(CCC1CCNCC1)N1CCOCC1CC(O)c1cccs1. The van der Waals surface area contributed by atoms with E-state index in [1.165, 1.54) is 12.8 Å². The highest BCUT2D eigenvalue weighted by molar-refractivity contribution is 7.10. The summed E-state index contributed by atoms with van der Waals surface area (Å²) in [5.74, 6) is 0.895. The third-order valence-corrected chi connectivity index (χ3v) is 6.11. The molecule has 2 aliphatic rings. The largest absolute Gasteiger partial charge is 0.387 e. The van der Waals surface area contributed by atoms with Crippen LogP contribution in [0.2, 0.25) is 0 Å². The lowest BCUT2D eigenvalue weighted by Gasteiger charge is -2.37. The van der Waals surface area contributed by atoms with Gasteiger partial charge in [-0.05, 0) is 49.7 Å². The van der Waals surface area contributed by atoms with E-state index in [2.05, 4.69) is 5.32 Å². The van der Waals surface area contributed by atoms with Crippen LogP contribution in [-0.4, -0.2) is 54.8 Å². The van der Waals surface area contributed by atoms with Crippen LogP contribution >= 0.6 is 11.3 Å². The van der Waals surface area contributed by atoms with Crippen LogP contribution < -0.4 is 5.32 Å². The molecule has 3 heterocycles. The van der Waals surface area contributed by atoms with Gasteiger partial charge in [0.05, 0.1) is 25.4 Å². The van der Waals surface area contributed by atoms with Crippen LogP contribution in [0.3, 0.4) is 0 Å². The molecule has 3 rings (SSSR count). The van der Waals surface area contributed by atoms with E-state index in [1.807, 2.05) is 22.4 Å². The third-order valence-electron chi connectivity index (χ3n) is 5.14. The van der Waals surface area contributed by atoms with Crippen molar-refractivity contribution in [1.82, 2.24) is 10.2 Å². The van der Waals surface area contributed by atoms with Crippen molar-refractivity contribution in [2.24, 2.45) is 5.92 Å². The zero-order valence-corrected chi connectivity index (χ0v) is 15.0. The van der Waals surface area contributed by atoms with Crippen molar-refractivity contribution in [3.8, 4) is 0 Å². The summed E-state index contributed by atoms with van der Waals surface area (Å²) in [5.41, 5.74) is 0. The minimum absolute atomic E-state index is 0.0172. The molecule has 2 N–H and O–H groups in total. The van der Waals surface area contributed by atoms with Crippen LogP contribution in [-0.2, 0) is 9.53 Å². The van der Waals surface area contributed by atoms with Gasteiger partial charge in [-0.1, -0.05) is 6.07 Å². The summed E-state index contributed by atoms with van der Waals surface area (Å²) in [4.78, 5) is 15.6. The molecule has 2 atom stereocenters. The molecule has 0 spiro atoms. The van der Waals surface area contributed by atoms with Gasteiger partial charge in [0.15, 0.2) is 0 Å². The predicted molar refractivity (Wildman–Crippen MR) is 95.0 cm³/mol. The summed E-state index contributed by atoms with van der Waals surface area (Å²) < 4.78 is 5.57. The van der Waals surface area contributed by atoms with Crippen LogP contribution in [0.15, 0.2) is 17.5 Å². The number of nitrogens with one attached hydrogen (secondary N) is 1. The van der Waals surface area contributed by atoms with Gasteiger partial charge >= 0.3 is 0 Å². The molecule has 1 amide bonds. The Labute approximate surface area is 148 Å². The quantitative estimate of drug-likeness (QED) is 0.824. The number of carbonyl (C=O) groups excluding carboxylic acids is 1. The van der Waals surface area contributed by atoms with Crippen LogP contribution in [0.5, 0.6) is 0 Å². The fourth-order valence-electron chi connectivity index (χ4n) is 3.67. The first-order chi connectivity index (χ1) is 11.7. The Bertz CT molecular complexity index is 502. The molecule has 0 aliphatic carbocycles. The van der Waals surface area contributed by atoms with Gasteiger partial charge in [0.25, 0.3) is 0 Å². The van der Waals surface area contributed by atoms with Crippen molar-refractivity contribution in [1.29, 1.82) is 0 Å². The molecule has 1 aromatic rings. The number of aliphatic hydroxyl groups excluding tert-OH is 1. The fraction of sp³-hybridized carbons (Fsp3) is 0.722. The van der Waals surface area contributed by atoms with Crippen LogP contribution in [0.1, 0.15) is 43.1 Å². The Kier molecular flexibility index (Phi) is 6.66. The number of nitrogens with zero attached hydrogens (tertiary/aromatic N) is 1. The Morgan fingerprint density at radius 2 is 2.29 bits per heavy atom. The summed E-state index contributed by atoms with van der Waals surface area (Å²) in [6.07, 6.45) is 4.00. The number of amides is 1. The van der Waals surface area contributed by atoms with Crippen LogP contribution in [0, 0.1) is 5.92 Å². The molecule has 0 bridgehead atoms. The number of aliphatic hydroxyl groups is 1. The average Bonchev–Trinajstić information content (AvgIpc) is 3.16. The van der Waals surface area contributed by atoms with Crippen molar-refractivity contribution in [3.63, 3.8) is 0 Å². The predicted octanol–water partition coefficient (Wildman–Crippen LogP) is 2.18. The molecule has 2 unspecified atom stereocenters. The monoisotopic (exact) mass is 352 g/mol. The van der Waals surface area contributed by atoms with E-state index in [4.69, 9.17) is 4.74 Å². The van der Waals surface area contributed by atoms with Crippen molar-refractivity contribution < 1.29 is 14.6 Å². The molecular formula is C18H28N2O3S. The summed E-state index contributed by atoms with van der Waals surface area (Å²) >= 11 is 1.56. The second kappa shape index (κ2) is 8.94. The van der Waals surface area contributed by atoms with E-state index in [9.17, 15) is 9.90 Å². The summed E-state index contributed by atoms with van der Waals surface area (Å²) in [5, 5.41) is 15.7. The lowest BCUT2D eigenvalue weighted by atomic mass is 9.92. The van der Waals surface area contributed by atoms with E-state index in [-0.39, 0.29) is 11.9 Å². The second-order valence-electron chi connectivity index (χ2n) is 6.81. The van der Waals surface area contributed by atoms with E-state index in [0.29, 0.717) is 38.5 Å². The van der Waals surface area contributed by atoms with E-state index < -0.39 is 6.10 Å². The highest BCUT2D eigenvalue weighted by Gasteiger charge is 2.30. The summed E-state index contributed by atoms with van der Waals surface area (Å²) in [6.45, 7) is 3.93. The Morgan fingerprint density at radius 3 is 3.04 bits per heavy atom. The summed E-state index contributed by atoms with van der Waals surface area (Å²) in [6, 6.07) is 3.88. The molecule has 2 saturated heterocycles. The second-order valence-corrected chi connectivity index (χ2v) is 7.79. The first kappa shape index (κ1) is 17.9. The topological polar surface area (TPSA) is 61.8 Å². The molecular weight excluding hydrogens is 324 g/mol. The number of rotatable bonds is 6. The van der Waals surface area contributed by atoms with Crippen molar-refractivity contribution >= 4 is 17.2 Å². The van der Waals surface area contributed by atoms with Crippen LogP contribution in [0.25, 0.3) is 0 Å². The maximum Gasteiger partial charge on any atom is 0.222 e. The first-order valence-corrected chi connectivity index (χ1v) is 9.91. The zero-order valence-electron chi connectivity index (χ0n) is 14.2. The van der Waals surface area contributed by atoms with Gasteiger partial charge < -0.3 is 20.1 Å². The normalized spacial score (nSPS) is 24.0. The van der Waals surface area contributed by atoms with Crippen LogP contribution in [0.4, 0.5) is 0 Å². The Balaban J connectivity index is 1.52. The summed E-state index contributed by atoms with van der Waals surface area (Å²) in [7, 11) is 0. The number of piperidine rings is 1. The molecule has 134 valence electrons. The maximum absolute atomic E-state index is 12.7. The molecule has 24 heavy (non-hydrogen) atoms. The van der Waals surface area contributed by atoms with Gasteiger partial charge in [0.1, 0.15) is 0 Å². The smallest absolute Gasteiger partial charge is 0.222 e. The number of hydrogen-bond donors (Lipinski definition) is 2. The lowest BCUT2D eigenvalue weighted by molar-refractivity contribution is -0.141. The van der Waals surface area contributed by atoms with Gasteiger partial charge in [-0.3, -0.25) is 4.79 Å². The lowest BCUT2D eigenvalue weighted by Crippen LogP contribution is -2.49. The molecule has 1 aromatic heterocycles. The van der Waals surface area contributed by atoms with Gasteiger partial charge in [0.2, 0.25) is 5.91 Å².